The molecule has 3 heteroatoms. The molecule has 0 spiro atoms. The van der Waals surface area contributed by atoms with Crippen molar-refractivity contribution < 1.29 is 8.22 Å². The SMILES string of the molecule is Cc1cccc(C(C)[Si](F)F)c1. The minimum Gasteiger partial charge on any atom is -0.267 e. The first-order chi connectivity index (χ1) is 5.61. The van der Waals surface area contributed by atoms with Crippen molar-refractivity contribution in [1.82, 2.24) is 0 Å². The molecular formula is C9H11F2Si. The molecule has 0 aliphatic carbocycles. The summed E-state index contributed by atoms with van der Waals surface area (Å²) in [5.41, 5.74) is 1.24. The molecular weight excluding hydrogens is 174 g/mol. The van der Waals surface area contributed by atoms with Crippen LogP contribution in [0.1, 0.15) is 23.6 Å². The van der Waals surface area contributed by atoms with Gasteiger partial charge in [0.1, 0.15) is 0 Å². The normalized spacial score (nSPS) is 13.4. The van der Waals surface area contributed by atoms with Crippen molar-refractivity contribution in [3.8, 4) is 0 Å². The summed E-state index contributed by atoms with van der Waals surface area (Å²) in [7, 11) is -3.18. The summed E-state index contributed by atoms with van der Waals surface area (Å²) < 4.78 is 24.7. The Bertz CT molecular complexity index is 260. The maximum atomic E-state index is 12.3. The third kappa shape index (κ3) is 2.14. The van der Waals surface area contributed by atoms with Gasteiger partial charge in [-0.15, -0.1) is 0 Å². The first-order valence-corrected chi connectivity index (χ1v) is 5.19. The Hall–Kier alpha value is -0.703. The minimum atomic E-state index is -3.18. The number of halogens is 2. The molecule has 0 aliphatic heterocycles. The zero-order valence-corrected chi connectivity index (χ0v) is 8.14. The molecule has 1 aromatic carbocycles. The summed E-state index contributed by atoms with van der Waals surface area (Å²) in [6.07, 6.45) is 0. The van der Waals surface area contributed by atoms with Gasteiger partial charge < -0.3 is 0 Å². The molecule has 0 heterocycles. The topological polar surface area (TPSA) is 0 Å². The molecule has 1 atom stereocenters. The largest absolute Gasteiger partial charge is 0.484 e. The highest BCUT2D eigenvalue weighted by molar-refractivity contribution is 6.44. The van der Waals surface area contributed by atoms with Crippen molar-refractivity contribution in [3.05, 3.63) is 35.4 Å². The lowest BCUT2D eigenvalue weighted by Crippen LogP contribution is -2.09. The van der Waals surface area contributed by atoms with Crippen molar-refractivity contribution in [1.29, 1.82) is 0 Å². The van der Waals surface area contributed by atoms with E-state index in [9.17, 15) is 8.22 Å². The van der Waals surface area contributed by atoms with Crippen LogP contribution in [0.5, 0.6) is 0 Å². The van der Waals surface area contributed by atoms with E-state index in [1.165, 1.54) is 0 Å². The van der Waals surface area contributed by atoms with Crippen LogP contribution in [0, 0.1) is 6.92 Å². The van der Waals surface area contributed by atoms with Gasteiger partial charge in [0, 0.05) is 5.54 Å². The Morgan fingerprint density at radius 2 is 2.00 bits per heavy atom. The molecule has 1 radical (unpaired) electrons. The van der Waals surface area contributed by atoms with E-state index in [0.717, 1.165) is 11.1 Å². The Morgan fingerprint density at radius 3 is 2.50 bits per heavy atom. The molecule has 0 saturated heterocycles. The average molecular weight is 185 g/mol. The number of hydrogen-bond acceptors (Lipinski definition) is 0. The molecule has 0 saturated carbocycles. The van der Waals surface area contributed by atoms with Crippen molar-refractivity contribution in [2.24, 2.45) is 0 Å². The smallest absolute Gasteiger partial charge is 0.267 e. The van der Waals surface area contributed by atoms with Gasteiger partial charge in [-0.2, -0.15) is 0 Å². The lowest BCUT2D eigenvalue weighted by molar-refractivity contribution is 0.625. The Kier molecular flexibility index (Phi) is 2.97. The van der Waals surface area contributed by atoms with E-state index in [2.05, 4.69) is 0 Å². The lowest BCUT2D eigenvalue weighted by atomic mass is 10.1. The Balaban J connectivity index is 2.88. The van der Waals surface area contributed by atoms with Crippen LogP contribution < -0.4 is 0 Å². The highest BCUT2D eigenvalue weighted by Crippen LogP contribution is 2.20. The van der Waals surface area contributed by atoms with Crippen molar-refractivity contribution in [3.63, 3.8) is 0 Å². The highest BCUT2D eigenvalue weighted by atomic mass is 28.4. The number of rotatable bonds is 2. The van der Waals surface area contributed by atoms with Gasteiger partial charge in [0.15, 0.2) is 0 Å². The van der Waals surface area contributed by atoms with Gasteiger partial charge in [-0.1, -0.05) is 36.8 Å². The van der Waals surface area contributed by atoms with Gasteiger partial charge in [-0.05, 0) is 12.5 Å². The minimum absolute atomic E-state index is 0.560. The number of hydrogen-bond donors (Lipinski definition) is 0. The standard InChI is InChI=1S/C9H11F2Si/c1-7-4-3-5-9(6-7)8(2)12(10)11/h3-6,8H,1-2H3. The molecule has 0 aromatic heterocycles. The summed E-state index contributed by atoms with van der Waals surface area (Å²) in [6.45, 7) is 3.50. The van der Waals surface area contributed by atoms with Crippen LogP contribution in [0.2, 0.25) is 0 Å². The van der Waals surface area contributed by atoms with Gasteiger partial charge in [0.2, 0.25) is 0 Å². The number of aryl methyl sites for hydroxylation is 1. The fourth-order valence-electron chi connectivity index (χ4n) is 1.07. The second-order valence-electron chi connectivity index (χ2n) is 2.93. The van der Waals surface area contributed by atoms with Gasteiger partial charge >= 0.3 is 9.46 Å². The van der Waals surface area contributed by atoms with Gasteiger partial charge in [0.05, 0.1) is 0 Å². The molecule has 0 fully saturated rings. The molecule has 12 heavy (non-hydrogen) atoms. The lowest BCUT2D eigenvalue weighted by Gasteiger charge is -2.07. The van der Waals surface area contributed by atoms with E-state index in [4.69, 9.17) is 0 Å². The molecule has 0 aliphatic rings. The van der Waals surface area contributed by atoms with Crippen LogP contribution in [-0.4, -0.2) is 9.46 Å². The summed E-state index contributed by atoms with van der Waals surface area (Å²) in [5.74, 6) is 0. The first-order valence-electron chi connectivity index (χ1n) is 3.85. The molecule has 1 rings (SSSR count). The van der Waals surface area contributed by atoms with Crippen LogP contribution in [0.4, 0.5) is 8.22 Å². The summed E-state index contributed by atoms with van der Waals surface area (Å²) in [5, 5.41) is 0. The quantitative estimate of drug-likeness (QED) is 0.490. The van der Waals surface area contributed by atoms with E-state index in [1.807, 2.05) is 25.1 Å². The number of benzene rings is 1. The van der Waals surface area contributed by atoms with Crippen LogP contribution in [-0.2, 0) is 0 Å². The van der Waals surface area contributed by atoms with E-state index >= 15 is 0 Å². The van der Waals surface area contributed by atoms with E-state index in [0.29, 0.717) is 0 Å². The van der Waals surface area contributed by atoms with Gasteiger partial charge in [0.25, 0.3) is 0 Å². The summed E-state index contributed by atoms with van der Waals surface area (Å²) in [6, 6.07) is 7.33. The molecule has 0 bridgehead atoms. The molecule has 0 N–H and O–H groups in total. The third-order valence-corrected chi connectivity index (χ3v) is 2.86. The van der Waals surface area contributed by atoms with Crippen molar-refractivity contribution >= 4 is 9.46 Å². The van der Waals surface area contributed by atoms with Crippen molar-refractivity contribution in [2.45, 2.75) is 19.4 Å². The van der Waals surface area contributed by atoms with Crippen LogP contribution in [0.25, 0.3) is 0 Å². The molecule has 0 nitrogen and oxygen atoms in total. The van der Waals surface area contributed by atoms with Crippen LogP contribution >= 0.6 is 0 Å². The summed E-state index contributed by atoms with van der Waals surface area (Å²) >= 11 is 0. The zero-order chi connectivity index (χ0) is 9.14. The van der Waals surface area contributed by atoms with E-state index in [-0.39, 0.29) is 0 Å². The Labute approximate surface area is 73.2 Å². The second kappa shape index (κ2) is 3.80. The monoisotopic (exact) mass is 185 g/mol. The Morgan fingerprint density at radius 1 is 1.33 bits per heavy atom. The molecule has 65 valence electrons. The molecule has 1 aromatic rings. The first kappa shape index (κ1) is 9.39. The predicted molar refractivity (Wildman–Crippen MR) is 47.6 cm³/mol. The van der Waals surface area contributed by atoms with Crippen molar-refractivity contribution in [2.75, 3.05) is 0 Å². The fourth-order valence-corrected chi connectivity index (χ4v) is 1.50. The van der Waals surface area contributed by atoms with Gasteiger partial charge in [-0.3, -0.25) is 8.22 Å². The van der Waals surface area contributed by atoms with Crippen LogP contribution in [0.3, 0.4) is 0 Å². The molecule has 1 unspecified atom stereocenters. The molecule has 0 amide bonds. The maximum Gasteiger partial charge on any atom is 0.484 e. The third-order valence-electron chi connectivity index (χ3n) is 1.87. The fraction of sp³-hybridized carbons (Fsp3) is 0.333. The predicted octanol–water partition coefficient (Wildman–Crippen LogP) is 3.06. The van der Waals surface area contributed by atoms with E-state index in [1.54, 1.807) is 13.0 Å². The maximum absolute atomic E-state index is 12.3. The van der Waals surface area contributed by atoms with Gasteiger partial charge in [-0.25, -0.2) is 0 Å². The van der Waals surface area contributed by atoms with E-state index < -0.39 is 15.0 Å². The zero-order valence-electron chi connectivity index (χ0n) is 7.14. The second-order valence-corrected chi connectivity index (χ2v) is 4.37. The summed E-state index contributed by atoms with van der Waals surface area (Å²) in [4.78, 5) is 0. The highest BCUT2D eigenvalue weighted by Gasteiger charge is 2.22. The average Bonchev–Trinajstić information content (AvgIpc) is 2.03. The van der Waals surface area contributed by atoms with Crippen LogP contribution in [0.15, 0.2) is 24.3 Å².